The van der Waals surface area contributed by atoms with Gasteiger partial charge in [0.05, 0.1) is 24.5 Å². The molecule has 2 aromatic heterocycles. The van der Waals surface area contributed by atoms with Gasteiger partial charge in [0, 0.05) is 36.3 Å². The minimum atomic E-state index is -1.01. The second kappa shape index (κ2) is 6.19. The molecular weight excluding hydrogens is 350 g/mol. The van der Waals surface area contributed by atoms with E-state index in [9.17, 15) is 19.5 Å². The Hall–Kier alpha value is -3.23. The number of rotatable bonds is 4. The topological polar surface area (TPSA) is 117 Å². The average molecular weight is 369 g/mol. The van der Waals surface area contributed by atoms with Crippen LogP contribution in [0.4, 0.5) is 4.79 Å². The number of nitrogens with one attached hydrogen (secondary N) is 1. The normalized spacial score (nSPS) is 17.1. The van der Waals surface area contributed by atoms with Crippen LogP contribution in [0.15, 0.2) is 18.3 Å². The van der Waals surface area contributed by atoms with E-state index < -0.39 is 11.5 Å². The van der Waals surface area contributed by atoms with Crippen LogP contribution in [0.2, 0.25) is 0 Å². The maximum absolute atomic E-state index is 12.5. The van der Waals surface area contributed by atoms with Gasteiger partial charge >= 0.3 is 6.09 Å². The van der Waals surface area contributed by atoms with Crippen LogP contribution in [0.1, 0.15) is 50.6 Å². The Labute approximate surface area is 155 Å². The first-order valence-corrected chi connectivity index (χ1v) is 8.72. The molecule has 4 rings (SSSR count). The Morgan fingerprint density at radius 3 is 2.74 bits per heavy atom. The lowest BCUT2D eigenvalue weighted by Crippen LogP contribution is -2.38. The van der Waals surface area contributed by atoms with Gasteiger partial charge in [0.25, 0.3) is 5.91 Å². The van der Waals surface area contributed by atoms with Gasteiger partial charge in [0.15, 0.2) is 12.0 Å². The summed E-state index contributed by atoms with van der Waals surface area (Å²) >= 11 is 0. The number of aldehydes is 1. The summed E-state index contributed by atoms with van der Waals surface area (Å²) in [6.45, 7) is 0.844. The summed E-state index contributed by atoms with van der Waals surface area (Å²) in [6.07, 6.45) is 2.83. The zero-order valence-electron chi connectivity index (χ0n) is 14.8. The zero-order chi connectivity index (χ0) is 19.2. The molecule has 9 heteroatoms. The van der Waals surface area contributed by atoms with Crippen molar-refractivity contribution >= 4 is 18.3 Å². The molecule has 0 bridgehead atoms. The Kier molecular flexibility index (Phi) is 3.94. The van der Waals surface area contributed by atoms with Crippen molar-refractivity contribution in [3.8, 4) is 0 Å². The van der Waals surface area contributed by atoms with Crippen molar-refractivity contribution in [2.45, 2.75) is 31.3 Å². The number of amides is 2. The number of aromatic nitrogens is 3. The van der Waals surface area contributed by atoms with Crippen molar-refractivity contribution in [3.63, 3.8) is 0 Å². The molecule has 2 aromatic rings. The van der Waals surface area contributed by atoms with Crippen molar-refractivity contribution in [1.82, 2.24) is 25.0 Å². The largest absolute Gasteiger partial charge is 0.465 e. The molecule has 0 radical (unpaired) electrons. The fourth-order valence-corrected chi connectivity index (χ4v) is 3.90. The zero-order valence-corrected chi connectivity index (χ0v) is 14.8. The summed E-state index contributed by atoms with van der Waals surface area (Å²) in [6, 6.07) is 3.40. The second-order valence-corrected chi connectivity index (χ2v) is 6.82. The molecule has 2 aliphatic rings. The molecule has 0 spiro atoms. The van der Waals surface area contributed by atoms with Crippen molar-refractivity contribution in [1.29, 1.82) is 0 Å². The monoisotopic (exact) mass is 369 g/mol. The van der Waals surface area contributed by atoms with E-state index in [0.717, 1.165) is 19.1 Å². The summed E-state index contributed by atoms with van der Waals surface area (Å²) < 4.78 is 1.71. The van der Waals surface area contributed by atoms with E-state index in [1.165, 1.54) is 11.9 Å². The van der Waals surface area contributed by atoms with E-state index >= 15 is 0 Å². The number of carboxylic acid groups (broad SMARTS) is 1. The van der Waals surface area contributed by atoms with Gasteiger partial charge < -0.3 is 15.3 Å². The Morgan fingerprint density at radius 2 is 2.11 bits per heavy atom. The van der Waals surface area contributed by atoms with Gasteiger partial charge in [-0.15, -0.1) is 0 Å². The predicted octanol–water partition coefficient (Wildman–Crippen LogP) is 1.02. The van der Waals surface area contributed by atoms with Crippen LogP contribution in [-0.4, -0.2) is 56.6 Å². The number of carbonyl (C=O) groups excluding carboxylic acids is 2. The van der Waals surface area contributed by atoms with E-state index in [1.54, 1.807) is 23.0 Å². The standard InChI is InChI=1S/C18H19N5O4/c1-19-16(25)14-13(12-9-22(17(26)27)7-8-23(12)21-14)18(4-5-18)15-11(10-24)3-2-6-20-15/h2-3,6,10H,4-5,7-9H2,1H3,(H,19,25)(H,26,27). The highest BCUT2D eigenvalue weighted by atomic mass is 16.4. The van der Waals surface area contributed by atoms with Gasteiger partial charge in [-0.25, -0.2) is 4.79 Å². The quantitative estimate of drug-likeness (QED) is 0.777. The molecule has 3 heterocycles. The van der Waals surface area contributed by atoms with Crippen molar-refractivity contribution in [3.05, 3.63) is 46.5 Å². The van der Waals surface area contributed by atoms with Crippen LogP contribution in [0.3, 0.4) is 0 Å². The molecule has 27 heavy (non-hydrogen) atoms. The number of nitrogens with zero attached hydrogens (tertiary/aromatic N) is 4. The first-order valence-electron chi connectivity index (χ1n) is 8.72. The van der Waals surface area contributed by atoms with Crippen molar-refractivity contribution in [2.24, 2.45) is 0 Å². The summed E-state index contributed by atoms with van der Waals surface area (Å²) in [5.74, 6) is -0.330. The number of hydrogen-bond donors (Lipinski definition) is 2. The third-order valence-electron chi connectivity index (χ3n) is 5.34. The molecule has 9 nitrogen and oxygen atoms in total. The van der Waals surface area contributed by atoms with Gasteiger partial charge in [-0.2, -0.15) is 5.10 Å². The van der Waals surface area contributed by atoms with E-state index in [1.807, 2.05) is 0 Å². The van der Waals surface area contributed by atoms with Gasteiger partial charge in [0.2, 0.25) is 0 Å². The third-order valence-corrected chi connectivity index (χ3v) is 5.34. The summed E-state index contributed by atoms with van der Waals surface area (Å²) in [7, 11) is 1.53. The van der Waals surface area contributed by atoms with E-state index in [-0.39, 0.29) is 18.1 Å². The highest BCUT2D eigenvalue weighted by Gasteiger charge is 2.53. The van der Waals surface area contributed by atoms with Crippen LogP contribution in [0.25, 0.3) is 0 Å². The smallest absolute Gasteiger partial charge is 0.407 e. The van der Waals surface area contributed by atoms with Gasteiger partial charge in [-0.3, -0.25) is 19.3 Å². The number of carbonyl (C=O) groups is 3. The molecule has 1 aliphatic carbocycles. The first kappa shape index (κ1) is 17.2. The minimum Gasteiger partial charge on any atom is -0.465 e. The predicted molar refractivity (Wildman–Crippen MR) is 93.7 cm³/mol. The molecule has 1 saturated carbocycles. The molecule has 2 N–H and O–H groups in total. The minimum absolute atomic E-state index is 0.152. The van der Waals surface area contributed by atoms with Crippen LogP contribution in [0.5, 0.6) is 0 Å². The summed E-state index contributed by atoms with van der Waals surface area (Å²) in [5.41, 5.74) is 2.17. The lowest BCUT2D eigenvalue weighted by Gasteiger charge is -2.27. The number of hydrogen-bond acceptors (Lipinski definition) is 5. The van der Waals surface area contributed by atoms with Crippen LogP contribution >= 0.6 is 0 Å². The number of fused-ring (bicyclic) bond motifs is 1. The number of pyridine rings is 1. The molecule has 1 fully saturated rings. The van der Waals surface area contributed by atoms with E-state index in [0.29, 0.717) is 35.6 Å². The van der Waals surface area contributed by atoms with Gasteiger partial charge in [-0.1, -0.05) is 0 Å². The molecule has 0 aromatic carbocycles. The molecule has 0 unspecified atom stereocenters. The lowest BCUT2D eigenvalue weighted by atomic mass is 9.86. The SMILES string of the molecule is CNC(=O)c1nn2c(c1C1(c3ncccc3C=O)CC1)CN(C(=O)O)CC2. The fraction of sp³-hybridized carbons (Fsp3) is 0.389. The maximum Gasteiger partial charge on any atom is 0.407 e. The average Bonchev–Trinajstić information content (AvgIpc) is 3.40. The molecule has 1 aliphatic heterocycles. The molecule has 0 atom stereocenters. The maximum atomic E-state index is 12.5. The van der Waals surface area contributed by atoms with Gasteiger partial charge in [-0.05, 0) is 25.0 Å². The fourth-order valence-electron chi connectivity index (χ4n) is 3.90. The Morgan fingerprint density at radius 1 is 1.33 bits per heavy atom. The summed E-state index contributed by atoms with van der Waals surface area (Å²) in [4.78, 5) is 41.3. The van der Waals surface area contributed by atoms with Crippen LogP contribution < -0.4 is 5.32 Å². The van der Waals surface area contributed by atoms with E-state index in [4.69, 9.17) is 0 Å². The highest BCUT2D eigenvalue weighted by molar-refractivity contribution is 5.95. The van der Waals surface area contributed by atoms with Crippen LogP contribution in [0, 0.1) is 0 Å². The second-order valence-electron chi connectivity index (χ2n) is 6.82. The summed E-state index contributed by atoms with van der Waals surface area (Å²) in [5, 5.41) is 16.5. The molecule has 2 amide bonds. The Balaban J connectivity index is 1.92. The lowest BCUT2D eigenvalue weighted by molar-refractivity contribution is 0.0955. The van der Waals surface area contributed by atoms with Crippen LogP contribution in [-0.2, 0) is 18.5 Å². The first-order chi connectivity index (χ1) is 13.0. The highest BCUT2D eigenvalue weighted by Crippen LogP contribution is 2.55. The van der Waals surface area contributed by atoms with Crippen molar-refractivity contribution in [2.75, 3.05) is 13.6 Å². The van der Waals surface area contributed by atoms with Crippen molar-refractivity contribution < 1.29 is 19.5 Å². The van der Waals surface area contributed by atoms with E-state index in [2.05, 4.69) is 15.4 Å². The molecular formula is C18H19N5O4. The molecule has 0 saturated heterocycles. The third kappa shape index (κ3) is 2.57. The van der Waals surface area contributed by atoms with Gasteiger partial charge in [0.1, 0.15) is 0 Å². The molecule has 140 valence electrons. The Bertz CT molecular complexity index is 947.